The number of halogens is 2. The molecular weight excluding hydrogens is 320 g/mol. The Morgan fingerprint density at radius 1 is 1.33 bits per heavy atom. The number of aromatic nitrogens is 1. The molecule has 15 heavy (non-hydrogen) atoms. The third kappa shape index (κ3) is 2.72. The van der Waals surface area contributed by atoms with Gasteiger partial charge in [-0.15, -0.1) is 0 Å². The average molecular weight is 334 g/mol. The maximum absolute atomic E-state index is 4.46. The van der Waals surface area contributed by atoms with Gasteiger partial charge in [0.15, 0.2) is 0 Å². The molecule has 2 rings (SSSR count). The van der Waals surface area contributed by atoms with Gasteiger partial charge in [0.05, 0.1) is 4.47 Å². The first-order chi connectivity index (χ1) is 7.16. The molecule has 2 nitrogen and oxygen atoms in total. The maximum atomic E-state index is 4.46. The van der Waals surface area contributed by atoms with Crippen LogP contribution in [0.3, 0.4) is 0 Å². The van der Waals surface area contributed by atoms with E-state index in [-0.39, 0.29) is 0 Å². The molecule has 1 aliphatic rings. The number of rotatable bonds is 1. The van der Waals surface area contributed by atoms with E-state index < -0.39 is 0 Å². The summed E-state index contributed by atoms with van der Waals surface area (Å²) in [5, 5.41) is 0. The minimum absolute atomic E-state index is 0.857. The SMILES string of the molecule is CC1CCN(c2ncc(Br)cc2Br)CC1. The van der Waals surface area contributed by atoms with Crippen LogP contribution in [0.1, 0.15) is 19.8 Å². The smallest absolute Gasteiger partial charge is 0.142 e. The fourth-order valence-electron chi connectivity index (χ4n) is 1.86. The van der Waals surface area contributed by atoms with Crippen molar-refractivity contribution in [2.75, 3.05) is 18.0 Å². The number of pyridine rings is 1. The van der Waals surface area contributed by atoms with E-state index in [0.717, 1.165) is 33.8 Å². The molecule has 0 aromatic carbocycles. The van der Waals surface area contributed by atoms with Crippen LogP contribution in [0.2, 0.25) is 0 Å². The summed E-state index contributed by atoms with van der Waals surface area (Å²) in [6, 6.07) is 2.06. The lowest BCUT2D eigenvalue weighted by molar-refractivity contribution is 0.436. The Kier molecular flexibility index (Phi) is 3.67. The molecule has 0 aliphatic carbocycles. The highest BCUT2D eigenvalue weighted by molar-refractivity contribution is 9.11. The van der Waals surface area contributed by atoms with Gasteiger partial charge in [0, 0.05) is 23.8 Å². The van der Waals surface area contributed by atoms with Crippen LogP contribution in [0.5, 0.6) is 0 Å². The van der Waals surface area contributed by atoms with E-state index in [0.29, 0.717) is 0 Å². The highest BCUT2D eigenvalue weighted by atomic mass is 79.9. The molecule has 0 N–H and O–H groups in total. The van der Waals surface area contributed by atoms with Gasteiger partial charge in [0.25, 0.3) is 0 Å². The van der Waals surface area contributed by atoms with Gasteiger partial charge >= 0.3 is 0 Å². The van der Waals surface area contributed by atoms with Crippen LogP contribution in [0.15, 0.2) is 21.2 Å². The number of nitrogens with zero attached hydrogens (tertiary/aromatic N) is 2. The topological polar surface area (TPSA) is 16.1 Å². The average Bonchev–Trinajstić information content (AvgIpc) is 2.20. The lowest BCUT2D eigenvalue weighted by Gasteiger charge is -2.31. The van der Waals surface area contributed by atoms with Crippen molar-refractivity contribution in [2.24, 2.45) is 5.92 Å². The molecular formula is C11H14Br2N2. The van der Waals surface area contributed by atoms with Crippen LogP contribution in [0, 0.1) is 5.92 Å². The van der Waals surface area contributed by atoms with Crippen LogP contribution in [-0.4, -0.2) is 18.1 Å². The van der Waals surface area contributed by atoms with Crippen molar-refractivity contribution in [3.8, 4) is 0 Å². The second kappa shape index (κ2) is 4.83. The molecule has 0 amide bonds. The molecule has 1 aromatic heterocycles. The minimum Gasteiger partial charge on any atom is -0.356 e. The normalized spacial score (nSPS) is 18.2. The Hall–Kier alpha value is -0.0900. The summed E-state index contributed by atoms with van der Waals surface area (Å²) >= 11 is 6.98. The van der Waals surface area contributed by atoms with E-state index in [4.69, 9.17) is 0 Å². The fraction of sp³-hybridized carbons (Fsp3) is 0.545. The highest BCUT2D eigenvalue weighted by Crippen LogP contribution is 2.29. The van der Waals surface area contributed by atoms with Crippen molar-refractivity contribution in [2.45, 2.75) is 19.8 Å². The van der Waals surface area contributed by atoms with Crippen molar-refractivity contribution in [3.05, 3.63) is 21.2 Å². The largest absolute Gasteiger partial charge is 0.356 e. The van der Waals surface area contributed by atoms with Gasteiger partial charge in [-0.2, -0.15) is 0 Å². The van der Waals surface area contributed by atoms with Gasteiger partial charge in [0.2, 0.25) is 0 Å². The molecule has 2 heterocycles. The predicted molar refractivity (Wildman–Crippen MR) is 70.2 cm³/mol. The van der Waals surface area contributed by atoms with Gasteiger partial charge in [-0.25, -0.2) is 4.98 Å². The van der Waals surface area contributed by atoms with Crippen molar-refractivity contribution in [3.63, 3.8) is 0 Å². The van der Waals surface area contributed by atoms with Crippen molar-refractivity contribution in [1.29, 1.82) is 0 Å². The Balaban J connectivity index is 2.15. The van der Waals surface area contributed by atoms with E-state index in [1.165, 1.54) is 12.8 Å². The van der Waals surface area contributed by atoms with Crippen LogP contribution in [0.4, 0.5) is 5.82 Å². The molecule has 0 radical (unpaired) electrons. The molecule has 0 bridgehead atoms. The summed E-state index contributed by atoms with van der Waals surface area (Å²) < 4.78 is 2.09. The number of piperidine rings is 1. The molecule has 1 fully saturated rings. The Bertz CT molecular complexity index is 346. The lowest BCUT2D eigenvalue weighted by Crippen LogP contribution is -2.33. The standard InChI is InChI=1S/C11H14Br2N2/c1-8-2-4-15(5-3-8)11-10(13)6-9(12)7-14-11/h6-8H,2-5H2,1H3. The van der Waals surface area contributed by atoms with Gasteiger partial charge in [-0.3, -0.25) is 0 Å². The summed E-state index contributed by atoms with van der Waals surface area (Å²) in [7, 11) is 0. The second-order valence-corrected chi connectivity index (χ2v) is 5.90. The number of hydrogen-bond donors (Lipinski definition) is 0. The minimum atomic E-state index is 0.857. The van der Waals surface area contributed by atoms with Crippen LogP contribution in [0.25, 0.3) is 0 Å². The molecule has 0 spiro atoms. The summed E-state index contributed by atoms with van der Waals surface area (Å²) in [5.41, 5.74) is 0. The molecule has 4 heteroatoms. The summed E-state index contributed by atoms with van der Waals surface area (Å²) in [4.78, 5) is 6.82. The van der Waals surface area contributed by atoms with Crippen LogP contribution >= 0.6 is 31.9 Å². The summed E-state index contributed by atoms with van der Waals surface area (Å²) in [6.45, 7) is 4.56. The van der Waals surface area contributed by atoms with Gasteiger partial charge in [-0.1, -0.05) is 6.92 Å². The molecule has 1 saturated heterocycles. The maximum Gasteiger partial charge on any atom is 0.142 e. The Labute approximate surface area is 107 Å². The summed E-state index contributed by atoms with van der Waals surface area (Å²) in [6.07, 6.45) is 4.40. The highest BCUT2D eigenvalue weighted by Gasteiger charge is 2.18. The predicted octanol–water partition coefficient (Wildman–Crippen LogP) is 3.84. The zero-order chi connectivity index (χ0) is 10.8. The molecule has 0 saturated carbocycles. The molecule has 82 valence electrons. The lowest BCUT2D eigenvalue weighted by atomic mass is 9.99. The Morgan fingerprint density at radius 3 is 2.60 bits per heavy atom. The monoisotopic (exact) mass is 332 g/mol. The number of hydrogen-bond acceptors (Lipinski definition) is 2. The Morgan fingerprint density at radius 2 is 2.00 bits per heavy atom. The third-order valence-corrected chi connectivity index (χ3v) is 3.89. The van der Waals surface area contributed by atoms with Gasteiger partial charge in [0.1, 0.15) is 5.82 Å². The first-order valence-corrected chi connectivity index (χ1v) is 6.81. The van der Waals surface area contributed by atoms with E-state index in [9.17, 15) is 0 Å². The molecule has 1 aromatic rings. The van der Waals surface area contributed by atoms with E-state index in [1.807, 2.05) is 6.20 Å². The fourth-order valence-corrected chi connectivity index (χ4v) is 3.10. The van der Waals surface area contributed by atoms with E-state index in [2.05, 4.69) is 54.7 Å². The quantitative estimate of drug-likeness (QED) is 0.776. The van der Waals surface area contributed by atoms with Crippen molar-refractivity contribution < 1.29 is 0 Å². The zero-order valence-electron chi connectivity index (χ0n) is 8.71. The molecule has 0 unspecified atom stereocenters. The van der Waals surface area contributed by atoms with Crippen LogP contribution in [-0.2, 0) is 0 Å². The molecule has 0 atom stereocenters. The second-order valence-electron chi connectivity index (χ2n) is 4.13. The first-order valence-electron chi connectivity index (χ1n) is 5.23. The van der Waals surface area contributed by atoms with Crippen LogP contribution < -0.4 is 4.90 Å². The van der Waals surface area contributed by atoms with Crippen molar-refractivity contribution >= 4 is 37.7 Å². The number of anilines is 1. The summed E-state index contributed by atoms with van der Waals surface area (Å²) in [5.74, 6) is 1.93. The third-order valence-electron chi connectivity index (χ3n) is 2.87. The van der Waals surface area contributed by atoms with Crippen molar-refractivity contribution in [1.82, 2.24) is 4.98 Å². The van der Waals surface area contributed by atoms with E-state index >= 15 is 0 Å². The zero-order valence-corrected chi connectivity index (χ0v) is 11.9. The van der Waals surface area contributed by atoms with Gasteiger partial charge < -0.3 is 4.90 Å². The van der Waals surface area contributed by atoms with Gasteiger partial charge in [-0.05, 0) is 56.7 Å². The molecule has 1 aliphatic heterocycles. The first kappa shape index (κ1) is 11.4. The van der Waals surface area contributed by atoms with E-state index in [1.54, 1.807) is 0 Å².